The Morgan fingerprint density at radius 3 is 2.15 bits per heavy atom. The van der Waals surface area contributed by atoms with Crippen molar-refractivity contribution in [3.05, 3.63) is 132 Å². The zero-order valence-electron chi connectivity index (χ0n) is 21.9. The zero-order chi connectivity index (χ0) is 26.1. The van der Waals surface area contributed by atoms with Crippen molar-refractivity contribution in [2.24, 2.45) is 0 Å². The van der Waals surface area contributed by atoms with E-state index in [-0.39, 0.29) is 5.41 Å². The molecule has 184 valence electrons. The number of hydrogen-bond donors (Lipinski definition) is 0. The van der Waals surface area contributed by atoms with Gasteiger partial charge in [0, 0.05) is 21.9 Å². The number of hydrogen-bond acceptors (Lipinski definition) is 2. The van der Waals surface area contributed by atoms with E-state index in [1.807, 2.05) is 0 Å². The van der Waals surface area contributed by atoms with Crippen molar-refractivity contribution >= 4 is 32.4 Å². The van der Waals surface area contributed by atoms with E-state index in [9.17, 15) is 0 Å². The molecule has 39 heavy (non-hydrogen) atoms. The van der Waals surface area contributed by atoms with Crippen LogP contribution >= 0.6 is 0 Å². The van der Waals surface area contributed by atoms with Crippen molar-refractivity contribution in [1.29, 1.82) is 0 Å². The quantitative estimate of drug-likeness (QED) is 0.222. The Balaban J connectivity index is 1.44. The summed E-state index contributed by atoms with van der Waals surface area (Å²) < 4.78 is 0. The molecule has 0 spiro atoms. The molecule has 2 heteroatoms. The standard InChI is InChI=1S/C37H26N2/c1-37(2)31-18-9-8-16-27(31)30-22-29-25(21-32(30)37)14-10-17-28(29)36-38-33-20-19-23-11-6-7-15-26(23)34(33)35(39-36)24-12-4-3-5-13-24/h3-22H,1-2H3. The van der Waals surface area contributed by atoms with Crippen LogP contribution in [0.3, 0.4) is 0 Å². The Bertz CT molecular complexity index is 2090. The normalized spacial score (nSPS) is 13.6. The highest BCUT2D eigenvalue weighted by Gasteiger charge is 2.35. The number of fused-ring (bicyclic) bond motifs is 7. The van der Waals surface area contributed by atoms with E-state index in [2.05, 4.69) is 135 Å². The predicted octanol–water partition coefficient (Wildman–Crippen LogP) is 9.58. The van der Waals surface area contributed by atoms with Crippen molar-refractivity contribution in [3.63, 3.8) is 0 Å². The fraction of sp³-hybridized carbons (Fsp3) is 0.0811. The minimum atomic E-state index is -0.0306. The first-order chi connectivity index (χ1) is 19.1. The molecule has 0 N–H and O–H groups in total. The summed E-state index contributed by atoms with van der Waals surface area (Å²) in [5, 5.41) is 5.87. The summed E-state index contributed by atoms with van der Waals surface area (Å²) in [6, 6.07) is 43.4. The van der Waals surface area contributed by atoms with Crippen molar-refractivity contribution in [2.75, 3.05) is 0 Å². The first kappa shape index (κ1) is 22.2. The number of benzene rings is 6. The van der Waals surface area contributed by atoms with Crippen molar-refractivity contribution in [2.45, 2.75) is 19.3 Å². The maximum atomic E-state index is 5.30. The second kappa shape index (κ2) is 8.09. The lowest BCUT2D eigenvalue weighted by Gasteiger charge is -2.22. The van der Waals surface area contributed by atoms with Gasteiger partial charge in [0.15, 0.2) is 5.82 Å². The third-order valence-corrected chi connectivity index (χ3v) is 8.46. The second-order valence-corrected chi connectivity index (χ2v) is 11.0. The third-order valence-electron chi connectivity index (χ3n) is 8.46. The van der Waals surface area contributed by atoms with Crippen LogP contribution < -0.4 is 0 Å². The van der Waals surface area contributed by atoms with Crippen LogP contribution in [0.2, 0.25) is 0 Å². The van der Waals surface area contributed by atoms with E-state index < -0.39 is 0 Å². The van der Waals surface area contributed by atoms with Crippen LogP contribution in [0.25, 0.3) is 66.2 Å². The lowest BCUT2D eigenvalue weighted by atomic mass is 9.82. The summed E-state index contributed by atoms with van der Waals surface area (Å²) in [5.41, 5.74) is 9.46. The molecule has 0 atom stereocenters. The predicted molar refractivity (Wildman–Crippen MR) is 163 cm³/mol. The van der Waals surface area contributed by atoms with E-state index in [0.717, 1.165) is 33.5 Å². The zero-order valence-corrected chi connectivity index (χ0v) is 21.9. The molecule has 0 radical (unpaired) electrons. The van der Waals surface area contributed by atoms with Crippen LogP contribution in [0.15, 0.2) is 121 Å². The summed E-state index contributed by atoms with van der Waals surface area (Å²) in [7, 11) is 0. The molecule has 8 rings (SSSR count). The van der Waals surface area contributed by atoms with Crippen molar-refractivity contribution in [1.82, 2.24) is 9.97 Å². The minimum absolute atomic E-state index is 0.0306. The smallest absolute Gasteiger partial charge is 0.161 e. The van der Waals surface area contributed by atoms with Crippen molar-refractivity contribution in [3.8, 4) is 33.8 Å². The van der Waals surface area contributed by atoms with Gasteiger partial charge in [-0.1, -0.05) is 117 Å². The molecule has 0 aliphatic heterocycles. The SMILES string of the molecule is CC1(C)c2ccccc2-c2cc3c(-c4nc(-c5ccccc5)c5c(ccc6ccccc65)n4)cccc3cc21. The fourth-order valence-electron chi connectivity index (χ4n) is 6.50. The highest BCUT2D eigenvalue weighted by Crippen LogP contribution is 2.50. The van der Waals surface area contributed by atoms with Gasteiger partial charge in [-0.3, -0.25) is 0 Å². The monoisotopic (exact) mass is 498 g/mol. The maximum absolute atomic E-state index is 5.30. The largest absolute Gasteiger partial charge is 0.228 e. The molecule has 6 aromatic carbocycles. The Hall–Kier alpha value is -4.82. The van der Waals surface area contributed by atoms with E-state index in [0.29, 0.717) is 0 Å². The van der Waals surface area contributed by atoms with Gasteiger partial charge in [-0.2, -0.15) is 0 Å². The Labute approximate surface area is 227 Å². The van der Waals surface area contributed by atoms with Crippen LogP contribution in [0.4, 0.5) is 0 Å². The van der Waals surface area contributed by atoms with Gasteiger partial charge in [0.1, 0.15) is 0 Å². The summed E-state index contributed by atoms with van der Waals surface area (Å²) in [6.45, 7) is 4.66. The summed E-state index contributed by atoms with van der Waals surface area (Å²) >= 11 is 0. The molecule has 2 nitrogen and oxygen atoms in total. The molecule has 1 aromatic heterocycles. The first-order valence-corrected chi connectivity index (χ1v) is 13.5. The van der Waals surface area contributed by atoms with Gasteiger partial charge in [-0.15, -0.1) is 0 Å². The van der Waals surface area contributed by atoms with Crippen LogP contribution in [0.1, 0.15) is 25.0 Å². The molecule has 0 saturated carbocycles. The topological polar surface area (TPSA) is 25.8 Å². The molecule has 0 fully saturated rings. The average molecular weight is 499 g/mol. The highest BCUT2D eigenvalue weighted by molar-refractivity contribution is 6.13. The Kier molecular flexibility index (Phi) is 4.60. The summed E-state index contributed by atoms with van der Waals surface area (Å²) in [5.74, 6) is 0.757. The molecule has 0 bridgehead atoms. The van der Waals surface area contributed by atoms with Crippen LogP contribution in [0.5, 0.6) is 0 Å². The van der Waals surface area contributed by atoms with Crippen LogP contribution in [-0.4, -0.2) is 9.97 Å². The summed E-state index contributed by atoms with van der Waals surface area (Å²) in [4.78, 5) is 10.5. The van der Waals surface area contributed by atoms with Gasteiger partial charge in [0.2, 0.25) is 0 Å². The molecular weight excluding hydrogens is 472 g/mol. The number of rotatable bonds is 2. The van der Waals surface area contributed by atoms with Gasteiger partial charge in [-0.05, 0) is 62.0 Å². The highest BCUT2D eigenvalue weighted by atomic mass is 14.9. The van der Waals surface area contributed by atoms with Crippen LogP contribution in [-0.2, 0) is 5.41 Å². The Morgan fingerprint density at radius 2 is 1.26 bits per heavy atom. The fourth-order valence-corrected chi connectivity index (χ4v) is 6.50. The molecular formula is C37H26N2. The minimum Gasteiger partial charge on any atom is -0.228 e. The van der Waals surface area contributed by atoms with E-state index in [1.54, 1.807) is 0 Å². The molecule has 1 aliphatic rings. The van der Waals surface area contributed by atoms with E-state index in [1.165, 1.54) is 43.8 Å². The lowest BCUT2D eigenvalue weighted by molar-refractivity contribution is 0.661. The molecule has 0 saturated heterocycles. The lowest BCUT2D eigenvalue weighted by Crippen LogP contribution is -2.14. The van der Waals surface area contributed by atoms with Crippen molar-refractivity contribution < 1.29 is 0 Å². The Morgan fingerprint density at radius 1 is 0.513 bits per heavy atom. The van der Waals surface area contributed by atoms with Gasteiger partial charge >= 0.3 is 0 Å². The molecule has 1 aliphatic carbocycles. The van der Waals surface area contributed by atoms with Gasteiger partial charge < -0.3 is 0 Å². The van der Waals surface area contributed by atoms with Gasteiger partial charge in [-0.25, -0.2) is 9.97 Å². The van der Waals surface area contributed by atoms with E-state index in [4.69, 9.17) is 9.97 Å². The second-order valence-electron chi connectivity index (χ2n) is 11.0. The third kappa shape index (κ3) is 3.21. The maximum Gasteiger partial charge on any atom is 0.161 e. The number of nitrogens with zero attached hydrogens (tertiary/aromatic N) is 2. The molecule has 7 aromatic rings. The molecule has 1 heterocycles. The van der Waals surface area contributed by atoms with Crippen LogP contribution in [0, 0.1) is 0 Å². The first-order valence-electron chi connectivity index (χ1n) is 13.5. The van der Waals surface area contributed by atoms with Gasteiger partial charge in [0.25, 0.3) is 0 Å². The van der Waals surface area contributed by atoms with Gasteiger partial charge in [0.05, 0.1) is 11.2 Å². The number of aromatic nitrogens is 2. The van der Waals surface area contributed by atoms with E-state index >= 15 is 0 Å². The molecule has 0 amide bonds. The average Bonchev–Trinajstić information content (AvgIpc) is 3.21. The molecule has 0 unspecified atom stereocenters. The summed E-state index contributed by atoms with van der Waals surface area (Å²) in [6.07, 6.45) is 0.